The van der Waals surface area contributed by atoms with E-state index in [2.05, 4.69) is 32.4 Å². The van der Waals surface area contributed by atoms with Gasteiger partial charge >= 0.3 is 0 Å². The monoisotopic (exact) mass is 665 g/mol. The highest BCUT2D eigenvalue weighted by atomic mass is 35.5. The van der Waals surface area contributed by atoms with Crippen molar-refractivity contribution in [3.8, 4) is 5.75 Å². The van der Waals surface area contributed by atoms with Gasteiger partial charge in [0.1, 0.15) is 17.2 Å². The SMILES string of the molecule is CN1CCN(Cc2csc(C(=O)Nc3c(OCCN4CCOCC4)cc(Cl)cc3C(=O)Nc3ccc(Cl)cc3)c2Cl)CC1. The van der Waals surface area contributed by atoms with Crippen molar-refractivity contribution in [1.29, 1.82) is 0 Å². The molecule has 2 N–H and O–H groups in total. The minimum absolute atomic E-state index is 0.155. The van der Waals surface area contributed by atoms with Crippen LogP contribution in [0.2, 0.25) is 15.1 Å². The van der Waals surface area contributed by atoms with E-state index in [0.717, 1.165) is 44.8 Å². The zero-order valence-corrected chi connectivity index (χ0v) is 26.9. The average molecular weight is 667 g/mol. The van der Waals surface area contributed by atoms with Gasteiger partial charge in [-0.1, -0.05) is 34.8 Å². The van der Waals surface area contributed by atoms with E-state index in [1.807, 2.05) is 5.38 Å². The van der Waals surface area contributed by atoms with Gasteiger partial charge in [0.25, 0.3) is 11.8 Å². The minimum Gasteiger partial charge on any atom is -0.490 e. The van der Waals surface area contributed by atoms with E-state index in [4.69, 9.17) is 44.3 Å². The number of morpholine rings is 1. The molecule has 2 aromatic carbocycles. The molecule has 2 aliphatic heterocycles. The van der Waals surface area contributed by atoms with Crippen molar-refractivity contribution in [3.05, 3.63) is 72.9 Å². The number of halogens is 3. The summed E-state index contributed by atoms with van der Waals surface area (Å²) in [6.07, 6.45) is 0. The molecule has 3 heterocycles. The largest absolute Gasteiger partial charge is 0.490 e. The Morgan fingerprint density at radius 3 is 2.35 bits per heavy atom. The second-order valence-electron chi connectivity index (χ2n) is 10.5. The summed E-state index contributed by atoms with van der Waals surface area (Å²) in [6.45, 7) is 8.47. The van der Waals surface area contributed by atoms with Crippen molar-refractivity contribution in [3.63, 3.8) is 0 Å². The van der Waals surface area contributed by atoms with Crippen molar-refractivity contribution < 1.29 is 19.1 Å². The molecule has 0 aliphatic carbocycles. The lowest BCUT2D eigenvalue weighted by atomic mass is 10.1. The van der Waals surface area contributed by atoms with Crippen LogP contribution in [0.15, 0.2) is 41.8 Å². The maximum Gasteiger partial charge on any atom is 0.267 e. The number of amides is 2. The quantitative estimate of drug-likeness (QED) is 0.289. The Labute approximate surface area is 270 Å². The number of nitrogens with one attached hydrogen (secondary N) is 2. The summed E-state index contributed by atoms with van der Waals surface area (Å²) in [5.41, 5.74) is 1.81. The molecular formula is C30H34Cl3N5O4S. The van der Waals surface area contributed by atoms with Crippen molar-refractivity contribution in [1.82, 2.24) is 14.7 Å². The molecule has 0 unspecified atom stereocenters. The molecular weight excluding hydrogens is 633 g/mol. The molecule has 13 heteroatoms. The number of likely N-dealkylation sites (N-methyl/N-ethyl adjacent to an activating group) is 1. The van der Waals surface area contributed by atoms with Gasteiger partial charge in [-0.05, 0) is 48.3 Å². The Balaban J connectivity index is 1.37. The molecule has 0 bridgehead atoms. The Morgan fingerprint density at radius 2 is 1.63 bits per heavy atom. The normalized spacial score (nSPS) is 16.7. The third-order valence-corrected chi connectivity index (χ3v) is 9.46. The van der Waals surface area contributed by atoms with E-state index in [0.29, 0.717) is 64.3 Å². The Morgan fingerprint density at radius 1 is 0.907 bits per heavy atom. The molecule has 3 aromatic rings. The lowest BCUT2D eigenvalue weighted by Gasteiger charge is -2.32. The standard InChI is InChI=1S/C30H34Cl3N5O4S/c1-36-6-8-38(9-7-36)18-20-19-43-28(26(20)33)30(40)35-27-24(29(39)34-23-4-2-21(31)3-5-23)16-22(32)17-25(27)42-15-12-37-10-13-41-14-11-37/h2-5,16-17,19H,6-15,18H2,1H3,(H,34,39)(H,35,40). The van der Waals surface area contributed by atoms with Gasteiger partial charge in [0.2, 0.25) is 0 Å². The van der Waals surface area contributed by atoms with Gasteiger partial charge < -0.3 is 25.0 Å². The van der Waals surface area contributed by atoms with Gasteiger partial charge in [-0.25, -0.2) is 0 Å². The molecule has 2 amide bonds. The Hall–Kier alpha value is -2.41. The molecule has 2 aliphatic rings. The van der Waals surface area contributed by atoms with Crippen molar-refractivity contribution in [2.75, 3.05) is 83.3 Å². The number of thiophene rings is 1. The summed E-state index contributed by atoms with van der Waals surface area (Å²) in [5.74, 6) is -0.604. The van der Waals surface area contributed by atoms with E-state index in [9.17, 15) is 9.59 Å². The van der Waals surface area contributed by atoms with Crippen LogP contribution in [0.5, 0.6) is 5.75 Å². The summed E-state index contributed by atoms with van der Waals surface area (Å²) >= 11 is 20.5. The molecule has 0 atom stereocenters. The van der Waals surface area contributed by atoms with Crippen LogP contribution in [-0.4, -0.2) is 99.2 Å². The summed E-state index contributed by atoms with van der Waals surface area (Å²) in [5, 5.41) is 8.94. The van der Waals surface area contributed by atoms with Gasteiger partial charge in [-0.3, -0.25) is 19.4 Å². The second kappa shape index (κ2) is 15.0. The lowest BCUT2D eigenvalue weighted by Crippen LogP contribution is -2.43. The lowest BCUT2D eigenvalue weighted by molar-refractivity contribution is 0.0323. The molecule has 0 saturated carbocycles. The molecule has 43 heavy (non-hydrogen) atoms. The van der Waals surface area contributed by atoms with Gasteiger partial charge in [0.05, 0.1) is 29.5 Å². The van der Waals surface area contributed by atoms with Crippen LogP contribution >= 0.6 is 46.1 Å². The minimum atomic E-state index is -0.466. The summed E-state index contributed by atoms with van der Waals surface area (Å²) < 4.78 is 11.6. The predicted molar refractivity (Wildman–Crippen MR) is 174 cm³/mol. The summed E-state index contributed by atoms with van der Waals surface area (Å²) in [4.78, 5) is 34.4. The predicted octanol–water partition coefficient (Wildman–Crippen LogP) is 5.67. The van der Waals surface area contributed by atoms with E-state index >= 15 is 0 Å². The third-order valence-electron chi connectivity index (χ3n) is 7.42. The Bertz CT molecular complexity index is 1420. The number of rotatable bonds is 10. The van der Waals surface area contributed by atoms with Crippen LogP contribution in [-0.2, 0) is 11.3 Å². The fourth-order valence-corrected chi connectivity index (χ4v) is 6.48. The first-order chi connectivity index (χ1) is 20.8. The smallest absolute Gasteiger partial charge is 0.267 e. The van der Waals surface area contributed by atoms with E-state index in [1.165, 1.54) is 17.4 Å². The number of benzene rings is 2. The van der Waals surface area contributed by atoms with Gasteiger partial charge in [-0.15, -0.1) is 11.3 Å². The first-order valence-electron chi connectivity index (χ1n) is 14.1. The molecule has 230 valence electrons. The van der Waals surface area contributed by atoms with Crippen molar-refractivity contribution in [2.45, 2.75) is 6.54 Å². The molecule has 0 spiro atoms. The number of carbonyl (C=O) groups excluding carboxylic acids is 2. The highest BCUT2D eigenvalue weighted by Crippen LogP contribution is 2.36. The van der Waals surface area contributed by atoms with Crippen LogP contribution < -0.4 is 15.4 Å². The first-order valence-corrected chi connectivity index (χ1v) is 16.1. The molecule has 9 nitrogen and oxygen atoms in total. The molecule has 2 saturated heterocycles. The highest BCUT2D eigenvalue weighted by Gasteiger charge is 2.25. The zero-order valence-electron chi connectivity index (χ0n) is 23.8. The number of hydrogen-bond donors (Lipinski definition) is 2. The maximum atomic E-state index is 13.6. The van der Waals surface area contributed by atoms with Gasteiger partial charge in [0.15, 0.2) is 0 Å². The summed E-state index contributed by atoms with van der Waals surface area (Å²) in [6, 6.07) is 9.84. The first kappa shape index (κ1) is 32.0. The second-order valence-corrected chi connectivity index (χ2v) is 12.7. The number of hydrogen-bond acceptors (Lipinski definition) is 8. The number of piperazine rings is 1. The van der Waals surface area contributed by atoms with Crippen LogP contribution in [0.1, 0.15) is 25.6 Å². The number of carbonyl (C=O) groups is 2. The fourth-order valence-electron chi connectivity index (χ4n) is 4.90. The fraction of sp³-hybridized carbons (Fsp3) is 0.400. The zero-order chi connectivity index (χ0) is 30.3. The van der Waals surface area contributed by atoms with Gasteiger partial charge in [-0.2, -0.15) is 0 Å². The van der Waals surface area contributed by atoms with Crippen LogP contribution in [0.4, 0.5) is 11.4 Å². The number of nitrogens with zero attached hydrogens (tertiary/aromatic N) is 3. The molecule has 2 fully saturated rings. The van der Waals surface area contributed by atoms with E-state index < -0.39 is 11.8 Å². The van der Waals surface area contributed by atoms with E-state index in [1.54, 1.807) is 30.3 Å². The number of anilines is 2. The van der Waals surface area contributed by atoms with Crippen LogP contribution in [0.3, 0.4) is 0 Å². The molecule has 0 radical (unpaired) electrons. The summed E-state index contributed by atoms with van der Waals surface area (Å²) in [7, 11) is 2.11. The molecule has 1 aromatic heterocycles. The van der Waals surface area contributed by atoms with E-state index in [-0.39, 0.29) is 11.3 Å². The third kappa shape index (κ3) is 8.61. The van der Waals surface area contributed by atoms with Gasteiger partial charge in [0, 0.05) is 74.2 Å². The van der Waals surface area contributed by atoms with Crippen LogP contribution in [0.25, 0.3) is 0 Å². The number of ether oxygens (including phenoxy) is 2. The topological polar surface area (TPSA) is 86.4 Å². The van der Waals surface area contributed by atoms with Crippen LogP contribution in [0, 0.1) is 0 Å². The Kier molecular flexibility index (Phi) is 11.2. The van der Waals surface area contributed by atoms with Crippen molar-refractivity contribution in [2.24, 2.45) is 0 Å². The molecule has 5 rings (SSSR count). The highest BCUT2D eigenvalue weighted by molar-refractivity contribution is 7.13. The maximum absolute atomic E-state index is 13.6. The average Bonchev–Trinajstić information content (AvgIpc) is 3.36. The van der Waals surface area contributed by atoms with Crippen molar-refractivity contribution >= 4 is 69.3 Å².